The Kier molecular flexibility index (Phi) is 5.63. The van der Waals surface area contributed by atoms with Crippen LogP contribution in [0.3, 0.4) is 0 Å². The molecule has 0 amide bonds. The van der Waals surface area contributed by atoms with Crippen LogP contribution in [0, 0.1) is 5.41 Å². The molecule has 1 N–H and O–H groups in total. The van der Waals surface area contributed by atoms with Crippen molar-refractivity contribution >= 4 is 5.82 Å². The number of nitrogens with zero attached hydrogens (tertiary/aromatic N) is 2. The molecule has 1 fully saturated rings. The summed E-state index contributed by atoms with van der Waals surface area (Å²) in [6, 6.07) is 4.80. The Morgan fingerprint density at radius 3 is 2.67 bits per heavy atom. The molecule has 1 aliphatic heterocycles. The van der Waals surface area contributed by atoms with E-state index < -0.39 is 0 Å². The van der Waals surface area contributed by atoms with E-state index in [9.17, 15) is 0 Å². The van der Waals surface area contributed by atoms with Gasteiger partial charge in [-0.15, -0.1) is 0 Å². The number of piperidine rings is 1. The molecule has 118 valence electrons. The summed E-state index contributed by atoms with van der Waals surface area (Å²) in [5, 5.41) is 3.55. The van der Waals surface area contributed by atoms with Gasteiger partial charge in [0.05, 0.1) is 0 Å². The molecule has 1 unspecified atom stereocenters. The molecule has 1 aromatic heterocycles. The maximum atomic E-state index is 4.60. The molecule has 3 nitrogen and oxygen atoms in total. The van der Waals surface area contributed by atoms with Gasteiger partial charge in [0.2, 0.25) is 0 Å². The zero-order valence-electron chi connectivity index (χ0n) is 14.2. The van der Waals surface area contributed by atoms with Crippen LogP contribution in [0.1, 0.15) is 65.0 Å². The third kappa shape index (κ3) is 4.19. The molecule has 0 saturated carbocycles. The standard InChI is InChI=1S/C18H31N3/c1-5-10-19-15(3)16-7-11-20-17(14-16)21-12-8-18(4,6-2)9-13-21/h7,11,14-15,19H,5-6,8-10,12-13H2,1-4H3. The Balaban J connectivity index is 2.01. The lowest BCUT2D eigenvalue weighted by Gasteiger charge is -2.39. The zero-order valence-corrected chi connectivity index (χ0v) is 14.2. The number of pyridine rings is 1. The SMILES string of the molecule is CCCNC(C)c1ccnc(N2CCC(C)(CC)CC2)c1. The minimum absolute atomic E-state index is 0.400. The number of anilines is 1. The highest BCUT2D eigenvalue weighted by Crippen LogP contribution is 2.35. The van der Waals surface area contributed by atoms with E-state index in [0.717, 1.165) is 25.5 Å². The second kappa shape index (κ2) is 7.26. The van der Waals surface area contributed by atoms with Crippen LogP contribution in [0.2, 0.25) is 0 Å². The highest BCUT2D eigenvalue weighted by atomic mass is 15.2. The van der Waals surface area contributed by atoms with Gasteiger partial charge in [0.25, 0.3) is 0 Å². The third-order valence-electron chi connectivity index (χ3n) is 5.12. The second-order valence-corrected chi connectivity index (χ2v) is 6.77. The van der Waals surface area contributed by atoms with Crippen molar-refractivity contribution in [2.24, 2.45) is 5.41 Å². The lowest BCUT2D eigenvalue weighted by atomic mass is 9.78. The van der Waals surface area contributed by atoms with Crippen molar-refractivity contribution in [2.75, 3.05) is 24.5 Å². The maximum absolute atomic E-state index is 4.60. The normalized spacial score (nSPS) is 19.5. The fourth-order valence-electron chi connectivity index (χ4n) is 2.98. The van der Waals surface area contributed by atoms with E-state index in [2.05, 4.69) is 55.0 Å². The first kappa shape index (κ1) is 16.3. The van der Waals surface area contributed by atoms with Crippen molar-refractivity contribution in [3.05, 3.63) is 23.9 Å². The van der Waals surface area contributed by atoms with Gasteiger partial charge in [0.15, 0.2) is 0 Å². The van der Waals surface area contributed by atoms with Gasteiger partial charge in [0, 0.05) is 25.3 Å². The van der Waals surface area contributed by atoms with Crippen LogP contribution < -0.4 is 10.2 Å². The van der Waals surface area contributed by atoms with Crippen molar-refractivity contribution in [1.82, 2.24) is 10.3 Å². The molecule has 0 radical (unpaired) electrons. The van der Waals surface area contributed by atoms with Crippen molar-refractivity contribution in [3.63, 3.8) is 0 Å². The van der Waals surface area contributed by atoms with E-state index in [0.29, 0.717) is 11.5 Å². The Morgan fingerprint density at radius 2 is 2.05 bits per heavy atom. The highest BCUT2D eigenvalue weighted by Gasteiger charge is 2.28. The molecule has 1 aromatic rings. The molecular weight excluding hydrogens is 258 g/mol. The highest BCUT2D eigenvalue weighted by molar-refractivity contribution is 5.42. The summed E-state index contributed by atoms with van der Waals surface area (Å²) in [5.41, 5.74) is 1.88. The van der Waals surface area contributed by atoms with Crippen LogP contribution in [0.5, 0.6) is 0 Å². The topological polar surface area (TPSA) is 28.2 Å². The third-order valence-corrected chi connectivity index (χ3v) is 5.12. The Labute approximate surface area is 130 Å². The zero-order chi connectivity index (χ0) is 15.3. The molecule has 0 aliphatic carbocycles. The summed E-state index contributed by atoms with van der Waals surface area (Å²) in [6.45, 7) is 12.5. The molecule has 0 aromatic carbocycles. The van der Waals surface area contributed by atoms with Gasteiger partial charge in [-0.2, -0.15) is 0 Å². The average molecular weight is 289 g/mol. The van der Waals surface area contributed by atoms with E-state index in [-0.39, 0.29) is 0 Å². The molecule has 1 atom stereocenters. The average Bonchev–Trinajstić information content (AvgIpc) is 2.53. The Bertz CT molecular complexity index is 436. The van der Waals surface area contributed by atoms with Crippen LogP contribution in [0.15, 0.2) is 18.3 Å². The molecule has 2 rings (SSSR count). The summed E-state index contributed by atoms with van der Waals surface area (Å²) in [5.74, 6) is 1.15. The summed E-state index contributed by atoms with van der Waals surface area (Å²) >= 11 is 0. The first-order valence-electron chi connectivity index (χ1n) is 8.52. The van der Waals surface area contributed by atoms with E-state index in [4.69, 9.17) is 0 Å². The minimum Gasteiger partial charge on any atom is -0.357 e. The quantitative estimate of drug-likeness (QED) is 0.852. The molecule has 0 bridgehead atoms. The van der Waals surface area contributed by atoms with Crippen LogP contribution >= 0.6 is 0 Å². The minimum atomic E-state index is 0.400. The first-order valence-corrected chi connectivity index (χ1v) is 8.52. The molecule has 3 heteroatoms. The predicted octanol–water partition coefficient (Wildman–Crippen LogP) is 4.16. The van der Waals surface area contributed by atoms with Gasteiger partial charge in [0.1, 0.15) is 5.82 Å². The molecule has 1 saturated heterocycles. The smallest absolute Gasteiger partial charge is 0.128 e. The number of aromatic nitrogens is 1. The maximum Gasteiger partial charge on any atom is 0.128 e. The van der Waals surface area contributed by atoms with Crippen LogP contribution in [0.4, 0.5) is 5.82 Å². The number of rotatable bonds is 6. The van der Waals surface area contributed by atoms with E-state index >= 15 is 0 Å². The van der Waals surface area contributed by atoms with Gasteiger partial charge in [-0.3, -0.25) is 0 Å². The van der Waals surface area contributed by atoms with Crippen LogP contribution in [0.25, 0.3) is 0 Å². The van der Waals surface area contributed by atoms with Crippen molar-refractivity contribution in [1.29, 1.82) is 0 Å². The van der Waals surface area contributed by atoms with Crippen LogP contribution in [-0.2, 0) is 0 Å². The van der Waals surface area contributed by atoms with Gasteiger partial charge in [-0.25, -0.2) is 4.98 Å². The fraction of sp³-hybridized carbons (Fsp3) is 0.722. The summed E-state index contributed by atoms with van der Waals surface area (Å²) < 4.78 is 0. The number of nitrogens with one attached hydrogen (secondary N) is 1. The summed E-state index contributed by atoms with van der Waals surface area (Å²) in [7, 11) is 0. The molecule has 0 spiro atoms. The van der Waals surface area contributed by atoms with Crippen LogP contribution in [-0.4, -0.2) is 24.6 Å². The summed E-state index contributed by atoms with van der Waals surface area (Å²) in [6.07, 6.45) is 6.97. The van der Waals surface area contributed by atoms with E-state index in [1.54, 1.807) is 0 Å². The van der Waals surface area contributed by atoms with Crippen molar-refractivity contribution < 1.29 is 0 Å². The fourth-order valence-corrected chi connectivity index (χ4v) is 2.98. The number of hydrogen-bond donors (Lipinski definition) is 1. The summed E-state index contributed by atoms with van der Waals surface area (Å²) in [4.78, 5) is 7.05. The van der Waals surface area contributed by atoms with Crippen molar-refractivity contribution in [2.45, 2.75) is 59.4 Å². The van der Waals surface area contributed by atoms with Gasteiger partial charge < -0.3 is 10.2 Å². The van der Waals surface area contributed by atoms with E-state index in [1.165, 1.54) is 31.2 Å². The predicted molar refractivity (Wildman–Crippen MR) is 90.8 cm³/mol. The molecular formula is C18H31N3. The first-order chi connectivity index (χ1) is 10.1. The van der Waals surface area contributed by atoms with Gasteiger partial charge >= 0.3 is 0 Å². The lowest BCUT2D eigenvalue weighted by Crippen LogP contribution is -2.38. The Morgan fingerprint density at radius 1 is 1.33 bits per heavy atom. The second-order valence-electron chi connectivity index (χ2n) is 6.77. The lowest BCUT2D eigenvalue weighted by molar-refractivity contribution is 0.238. The largest absolute Gasteiger partial charge is 0.357 e. The molecule has 2 heterocycles. The number of hydrogen-bond acceptors (Lipinski definition) is 3. The molecule has 21 heavy (non-hydrogen) atoms. The van der Waals surface area contributed by atoms with Crippen molar-refractivity contribution in [3.8, 4) is 0 Å². The van der Waals surface area contributed by atoms with Gasteiger partial charge in [-0.1, -0.05) is 27.2 Å². The van der Waals surface area contributed by atoms with Gasteiger partial charge in [-0.05, 0) is 55.8 Å². The monoisotopic (exact) mass is 289 g/mol. The molecule has 1 aliphatic rings. The Hall–Kier alpha value is -1.09. The van der Waals surface area contributed by atoms with E-state index in [1.807, 2.05) is 6.20 Å².